The Kier molecular flexibility index (Phi) is 2.62. The summed E-state index contributed by atoms with van der Waals surface area (Å²) in [6.45, 7) is 1.78. The van der Waals surface area contributed by atoms with Gasteiger partial charge in [0, 0.05) is 17.8 Å². The van der Waals surface area contributed by atoms with E-state index in [0.29, 0.717) is 11.1 Å². The zero-order valence-electron chi connectivity index (χ0n) is 6.92. The molecule has 1 rings (SSSR count). The van der Waals surface area contributed by atoms with Gasteiger partial charge < -0.3 is 15.8 Å². The quantitative estimate of drug-likeness (QED) is 0.564. The number of aromatic nitrogens is 1. The fourth-order valence-corrected chi connectivity index (χ4v) is 1.15. The second-order valence-electron chi connectivity index (χ2n) is 2.65. The van der Waals surface area contributed by atoms with Gasteiger partial charge in [0.15, 0.2) is 0 Å². The Labute approximate surface area is 70.0 Å². The number of rotatable bonds is 2. The predicted octanol–water partition coefficient (Wildman–Crippen LogP) is -0.366. The first kappa shape index (κ1) is 8.96. The lowest BCUT2D eigenvalue weighted by atomic mass is 10.1. The second-order valence-corrected chi connectivity index (χ2v) is 2.65. The van der Waals surface area contributed by atoms with Gasteiger partial charge in [-0.1, -0.05) is 0 Å². The average molecular weight is 168 g/mol. The molecular formula is C8H12N2O2. The predicted molar refractivity (Wildman–Crippen MR) is 45.6 cm³/mol. The third kappa shape index (κ3) is 1.54. The standard InChI is InChI=1S/C8H12N2O2/c1-5-2-6(4-11)7(3-9)8(12)10-5/h2,11H,3-4,9H2,1H3,(H,10,12). The number of nitrogens with one attached hydrogen (secondary N) is 1. The topological polar surface area (TPSA) is 79.1 Å². The van der Waals surface area contributed by atoms with E-state index in [1.807, 2.05) is 0 Å². The number of aliphatic hydroxyl groups excluding tert-OH is 1. The molecule has 0 bridgehead atoms. The van der Waals surface area contributed by atoms with Crippen LogP contribution in [0.25, 0.3) is 0 Å². The van der Waals surface area contributed by atoms with Crippen LogP contribution in [0.5, 0.6) is 0 Å². The van der Waals surface area contributed by atoms with Crippen LogP contribution in [-0.2, 0) is 13.2 Å². The largest absolute Gasteiger partial charge is 0.392 e. The lowest BCUT2D eigenvalue weighted by Crippen LogP contribution is -2.19. The Hall–Kier alpha value is -1.13. The van der Waals surface area contributed by atoms with Gasteiger partial charge in [0.25, 0.3) is 5.56 Å². The minimum absolute atomic E-state index is 0.142. The zero-order chi connectivity index (χ0) is 9.14. The molecule has 0 unspecified atom stereocenters. The Morgan fingerprint density at radius 2 is 2.33 bits per heavy atom. The summed E-state index contributed by atoms with van der Waals surface area (Å²) >= 11 is 0. The van der Waals surface area contributed by atoms with Crippen molar-refractivity contribution in [3.05, 3.63) is 33.2 Å². The number of hydrogen-bond donors (Lipinski definition) is 3. The number of hydrogen-bond acceptors (Lipinski definition) is 3. The van der Waals surface area contributed by atoms with Crippen molar-refractivity contribution in [2.75, 3.05) is 0 Å². The molecule has 1 aromatic rings. The molecule has 0 amide bonds. The summed E-state index contributed by atoms with van der Waals surface area (Å²) in [6.07, 6.45) is 0. The highest BCUT2D eigenvalue weighted by Gasteiger charge is 2.04. The highest BCUT2D eigenvalue weighted by atomic mass is 16.3. The summed E-state index contributed by atoms with van der Waals surface area (Å²) in [4.78, 5) is 13.8. The van der Waals surface area contributed by atoms with Crippen LogP contribution in [0.2, 0.25) is 0 Å². The van der Waals surface area contributed by atoms with Gasteiger partial charge in [-0.2, -0.15) is 0 Å². The van der Waals surface area contributed by atoms with Crippen LogP contribution in [0, 0.1) is 6.92 Å². The van der Waals surface area contributed by atoms with Crippen LogP contribution in [0.1, 0.15) is 16.8 Å². The number of pyridine rings is 1. The maximum atomic E-state index is 11.2. The molecule has 0 fully saturated rings. The molecule has 1 heterocycles. The first-order valence-electron chi connectivity index (χ1n) is 3.71. The monoisotopic (exact) mass is 168 g/mol. The third-order valence-electron chi connectivity index (χ3n) is 1.74. The normalized spacial score (nSPS) is 10.2. The third-order valence-corrected chi connectivity index (χ3v) is 1.74. The fraction of sp³-hybridized carbons (Fsp3) is 0.375. The van der Waals surface area contributed by atoms with E-state index in [4.69, 9.17) is 10.8 Å². The van der Waals surface area contributed by atoms with Crippen molar-refractivity contribution in [1.82, 2.24) is 4.98 Å². The van der Waals surface area contributed by atoms with E-state index < -0.39 is 0 Å². The molecule has 4 heteroatoms. The van der Waals surface area contributed by atoms with Crippen molar-refractivity contribution in [2.45, 2.75) is 20.1 Å². The molecule has 0 aliphatic rings. The van der Waals surface area contributed by atoms with Crippen molar-refractivity contribution in [3.8, 4) is 0 Å². The molecular weight excluding hydrogens is 156 g/mol. The van der Waals surface area contributed by atoms with Crippen LogP contribution in [0.3, 0.4) is 0 Å². The van der Waals surface area contributed by atoms with Crippen LogP contribution in [0.15, 0.2) is 10.9 Å². The van der Waals surface area contributed by atoms with Gasteiger partial charge in [0.2, 0.25) is 0 Å². The minimum atomic E-state index is -0.207. The van der Waals surface area contributed by atoms with Gasteiger partial charge in [0.05, 0.1) is 6.61 Å². The minimum Gasteiger partial charge on any atom is -0.392 e. The van der Waals surface area contributed by atoms with Crippen LogP contribution in [-0.4, -0.2) is 10.1 Å². The van der Waals surface area contributed by atoms with Crippen molar-refractivity contribution in [2.24, 2.45) is 5.73 Å². The molecule has 0 atom stereocenters. The number of nitrogens with two attached hydrogens (primary N) is 1. The van der Waals surface area contributed by atoms with E-state index in [9.17, 15) is 4.79 Å². The van der Waals surface area contributed by atoms with Gasteiger partial charge in [-0.3, -0.25) is 4.79 Å². The van der Waals surface area contributed by atoms with Gasteiger partial charge in [-0.05, 0) is 18.6 Å². The summed E-state index contributed by atoms with van der Waals surface area (Å²) in [5, 5.41) is 8.89. The van der Waals surface area contributed by atoms with E-state index in [1.54, 1.807) is 13.0 Å². The molecule has 0 saturated carbocycles. The van der Waals surface area contributed by atoms with Crippen LogP contribution in [0.4, 0.5) is 0 Å². The number of aryl methyl sites for hydroxylation is 1. The molecule has 4 nitrogen and oxygen atoms in total. The first-order chi connectivity index (χ1) is 5.69. The van der Waals surface area contributed by atoms with E-state index >= 15 is 0 Å². The van der Waals surface area contributed by atoms with Gasteiger partial charge in [-0.25, -0.2) is 0 Å². The molecule has 0 saturated heterocycles. The molecule has 0 radical (unpaired) electrons. The highest BCUT2D eigenvalue weighted by Crippen LogP contribution is 2.03. The molecule has 66 valence electrons. The Bertz CT molecular complexity index is 330. The average Bonchev–Trinajstić information content (AvgIpc) is 2.03. The summed E-state index contributed by atoms with van der Waals surface area (Å²) < 4.78 is 0. The molecule has 0 aliphatic carbocycles. The van der Waals surface area contributed by atoms with Crippen molar-refractivity contribution in [1.29, 1.82) is 0 Å². The lowest BCUT2D eigenvalue weighted by Gasteiger charge is -2.04. The van der Waals surface area contributed by atoms with Gasteiger partial charge in [-0.15, -0.1) is 0 Å². The molecule has 0 aromatic carbocycles. The second kappa shape index (κ2) is 3.51. The summed E-state index contributed by atoms with van der Waals surface area (Å²) in [5.74, 6) is 0. The molecule has 0 aliphatic heterocycles. The summed E-state index contributed by atoms with van der Waals surface area (Å²) in [6, 6.07) is 1.73. The molecule has 4 N–H and O–H groups in total. The SMILES string of the molecule is Cc1cc(CO)c(CN)c(=O)[nH]1. The van der Waals surface area contributed by atoms with Gasteiger partial charge >= 0.3 is 0 Å². The van der Waals surface area contributed by atoms with Crippen molar-refractivity contribution >= 4 is 0 Å². The van der Waals surface area contributed by atoms with Crippen molar-refractivity contribution in [3.63, 3.8) is 0 Å². The number of aromatic amines is 1. The fourth-order valence-electron chi connectivity index (χ4n) is 1.15. The lowest BCUT2D eigenvalue weighted by molar-refractivity contribution is 0.280. The first-order valence-corrected chi connectivity index (χ1v) is 3.71. The number of H-pyrrole nitrogens is 1. The smallest absolute Gasteiger partial charge is 0.252 e. The van der Waals surface area contributed by atoms with E-state index in [0.717, 1.165) is 5.69 Å². The zero-order valence-corrected chi connectivity index (χ0v) is 6.92. The molecule has 12 heavy (non-hydrogen) atoms. The Morgan fingerprint density at radius 1 is 1.67 bits per heavy atom. The summed E-state index contributed by atoms with van der Waals surface area (Å²) in [7, 11) is 0. The van der Waals surface area contributed by atoms with Crippen molar-refractivity contribution < 1.29 is 5.11 Å². The van der Waals surface area contributed by atoms with Gasteiger partial charge in [0.1, 0.15) is 0 Å². The molecule has 1 aromatic heterocycles. The van der Waals surface area contributed by atoms with Crippen LogP contribution < -0.4 is 11.3 Å². The van der Waals surface area contributed by atoms with E-state index in [1.165, 1.54) is 0 Å². The highest BCUT2D eigenvalue weighted by molar-refractivity contribution is 5.25. The summed E-state index contributed by atoms with van der Waals surface area (Å²) in [5.41, 5.74) is 6.95. The Morgan fingerprint density at radius 3 is 2.83 bits per heavy atom. The Balaban J connectivity index is 3.34. The maximum Gasteiger partial charge on any atom is 0.252 e. The molecule has 0 spiro atoms. The van der Waals surface area contributed by atoms with E-state index in [2.05, 4.69) is 4.98 Å². The maximum absolute atomic E-state index is 11.2. The van der Waals surface area contributed by atoms with E-state index in [-0.39, 0.29) is 18.7 Å². The number of aliphatic hydroxyl groups is 1. The van der Waals surface area contributed by atoms with Crippen LogP contribution >= 0.6 is 0 Å².